The van der Waals surface area contributed by atoms with Crippen molar-refractivity contribution in [3.63, 3.8) is 0 Å². The molecule has 0 amide bonds. The monoisotopic (exact) mass is 252 g/mol. The van der Waals surface area contributed by atoms with E-state index in [0.29, 0.717) is 5.92 Å². The van der Waals surface area contributed by atoms with Crippen molar-refractivity contribution in [1.29, 1.82) is 0 Å². The standard InChI is InChI=1S/C12H20N4S/c1-13-8-9-4-6-16(7-5-9)12-14-11(15-17-12)10-2-3-10/h9-10,13H,2-8H2,1H3. The van der Waals surface area contributed by atoms with Gasteiger partial charge in [0.25, 0.3) is 0 Å². The van der Waals surface area contributed by atoms with Gasteiger partial charge < -0.3 is 10.2 Å². The van der Waals surface area contributed by atoms with E-state index in [1.165, 1.54) is 25.7 Å². The second-order valence-corrected chi connectivity index (χ2v) is 5.93. The van der Waals surface area contributed by atoms with Crippen molar-refractivity contribution in [1.82, 2.24) is 14.7 Å². The maximum Gasteiger partial charge on any atom is 0.205 e. The first-order chi connectivity index (χ1) is 8.36. The summed E-state index contributed by atoms with van der Waals surface area (Å²) >= 11 is 1.59. The zero-order valence-electron chi connectivity index (χ0n) is 10.4. The molecule has 0 radical (unpaired) electrons. The summed E-state index contributed by atoms with van der Waals surface area (Å²) < 4.78 is 4.49. The Hall–Kier alpha value is -0.680. The first kappa shape index (κ1) is 11.4. The molecule has 5 heteroatoms. The topological polar surface area (TPSA) is 41.0 Å². The van der Waals surface area contributed by atoms with Gasteiger partial charge >= 0.3 is 0 Å². The molecule has 2 heterocycles. The van der Waals surface area contributed by atoms with Crippen LogP contribution in [0.4, 0.5) is 5.13 Å². The quantitative estimate of drug-likeness (QED) is 0.888. The van der Waals surface area contributed by atoms with Gasteiger partial charge in [-0.25, -0.2) is 4.98 Å². The lowest BCUT2D eigenvalue weighted by Gasteiger charge is -2.31. The lowest BCUT2D eigenvalue weighted by atomic mass is 9.97. The van der Waals surface area contributed by atoms with Gasteiger partial charge in [-0.1, -0.05) is 0 Å². The smallest absolute Gasteiger partial charge is 0.205 e. The fraction of sp³-hybridized carbons (Fsp3) is 0.833. The average Bonchev–Trinajstić information content (AvgIpc) is 3.09. The number of hydrogen-bond acceptors (Lipinski definition) is 5. The van der Waals surface area contributed by atoms with Crippen molar-refractivity contribution >= 4 is 16.7 Å². The first-order valence-corrected chi connectivity index (χ1v) is 7.37. The predicted molar refractivity (Wildman–Crippen MR) is 70.7 cm³/mol. The molecule has 0 unspecified atom stereocenters. The molecule has 1 aliphatic carbocycles. The van der Waals surface area contributed by atoms with E-state index < -0.39 is 0 Å². The fourth-order valence-electron chi connectivity index (χ4n) is 2.48. The van der Waals surface area contributed by atoms with E-state index in [-0.39, 0.29) is 0 Å². The normalized spacial score (nSPS) is 22.1. The van der Waals surface area contributed by atoms with Crippen LogP contribution in [-0.4, -0.2) is 36.0 Å². The van der Waals surface area contributed by atoms with Crippen LogP contribution in [0.25, 0.3) is 0 Å². The Morgan fingerprint density at radius 2 is 2.06 bits per heavy atom. The van der Waals surface area contributed by atoms with Gasteiger partial charge in [0.2, 0.25) is 5.13 Å². The Labute approximate surface area is 107 Å². The molecule has 2 aliphatic rings. The number of rotatable bonds is 4. The fourth-order valence-corrected chi connectivity index (χ4v) is 3.28. The summed E-state index contributed by atoms with van der Waals surface area (Å²) in [6.07, 6.45) is 5.14. The molecule has 17 heavy (non-hydrogen) atoms. The van der Waals surface area contributed by atoms with Crippen LogP contribution in [-0.2, 0) is 0 Å². The Balaban J connectivity index is 1.57. The van der Waals surface area contributed by atoms with Crippen LogP contribution in [0.3, 0.4) is 0 Å². The minimum atomic E-state index is 0.682. The van der Waals surface area contributed by atoms with Gasteiger partial charge in [0.1, 0.15) is 5.82 Å². The third-order valence-corrected chi connectivity index (χ3v) is 4.54. The second-order valence-electron chi connectivity index (χ2n) is 5.20. The summed E-state index contributed by atoms with van der Waals surface area (Å²) in [4.78, 5) is 7.10. The number of anilines is 1. The van der Waals surface area contributed by atoms with Crippen LogP contribution >= 0.6 is 11.5 Å². The van der Waals surface area contributed by atoms with E-state index in [0.717, 1.165) is 36.5 Å². The van der Waals surface area contributed by atoms with E-state index in [9.17, 15) is 0 Å². The molecule has 1 aromatic heterocycles. The largest absolute Gasteiger partial charge is 0.347 e. The summed E-state index contributed by atoms with van der Waals surface area (Å²) in [6, 6.07) is 0. The SMILES string of the molecule is CNCC1CCN(c2nc(C3CC3)ns2)CC1. The van der Waals surface area contributed by atoms with Gasteiger partial charge in [-0.15, -0.1) is 0 Å². The molecule has 1 aromatic rings. The lowest BCUT2D eigenvalue weighted by Crippen LogP contribution is -2.36. The van der Waals surface area contributed by atoms with Crippen molar-refractivity contribution in [3.8, 4) is 0 Å². The third-order valence-electron chi connectivity index (χ3n) is 3.75. The molecule has 1 N–H and O–H groups in total. The van der Waals surface area contributed by atoms with Crippen LogP contribution < -0.4 is 10.2 Å². The van der Waals surface area contributed by atoms with Crippen molar-refractivity contribution in [2.45, 2.75) is 31.6 Å². The Bertz CT molecular complexity index is 366. The molecule has 1 aliphatic heterocycles. The van der Waals surface area contributed by atoms with Crippen LogP contribution in [0.2, 0.25) is 0 Å². The van der Waals surface area contributed by atoms with Crippen molar-refractivity contribution in [2.75, 3.05) is 31.6 Å². The zero-order valence-corrected chi connectivity index (χ0v) is 11.2. The van der Waals surface area contributed by atoms with Gasteiger partial charge in [0.05, 0.1) is 0 Å². The molecule has 4 nitrogen and oxygen atoms in total. The van der Waals surface area contributed by atoms with Crippen LogP contribution in [0, 0.1) is 5.92 Å². The summed E-state index contributed by atoms with van der Waals surface area (Å²) in [5.74, 6) is 2.62. The summed E-state index contributed by atoms with van der Waals surface area (Å²) in [7, 11) is 2.04. The highest BCUT2D eigenvalue weighted by molar-refractivity contribution is 7.09. The molecule has 1 saturated carbocycles. The Morgan fingerprint density at radius 1 is 1.29 bits per heavy atom. The first-order valence-electron chi connectivity index (χ1n) is 6.60. The van der Waals surface area contributed by atoms with Crippen LogP contribution in [0.5, 0.6) is 0 Å². The van der Waals surface area contributed by atoms with E-state index in [1.807, 2.05) is 7.05 Å². The molecular formula is C12H20N4S. The maximum atomic E-state index is 4.68. The van der Waals surface area contributed by atoms with Crippen LogP contribution in [0.1, 0.15) is 37.4 Å². The number of nitrogens with zero attached hydrogens (tertiary/aromatic N) is 3. The average molecular weight is 252 g/mol. The summed E-state index contributed by atoms with van der Waals surface area (Å²) in [5.41, 5.74) is 0. The van der Waals surface area contributed by atoms with Crippen molar-refractivity contribution < 1.29 is 0 Å². The van der Waals surface area contributed by atoms with E-state index in [4.69, 9.17) is 0 Å². The number of aromatic nitrogens is 2. The molecule has 3 rings (SSSR count). The second kappa shape index (κ2) is 4.90. The predicted octanol–water partition coefficient (Wildman–Crippen LogP) is 1.85. The number of piperidine rings is 1. The lowest BCUT2D eigenvalue weighted by molar-refractivity contribution is 0.393. The molecule has 2 fully saturated rings. The molecular weight excluding hydrogens is 232 g/mol. The van der Waals surface area contributed by atoms with Crippen molar-refractivity contribution in [2.24, 2.45) is 5.92 Å². The van der Waals surface area contributed by atoms with Crippen LogP contribution in [0.15, 0.2) is 0 Å². The Kier molecular flexibility index (Phi) is 3.29. The Morgan fingerprint density at radius 3 is 2.71 bits per heavy atom. The highest BCUT2D eigenvalue weighted by atomic mass is 32.1. The molecule has 0 spiro atoms. The van der Waals surface area contributed by atoms with Gasteiger partial charge in [-0.05, 0) is 45.2 Å². The van der Waals surface area contributed by atoms with Gasteiger partial charge in [0, 0.05) is 30.5 Å². The number of hydrogen-bond donors (Lipinski definition) is 1. The minimum absolute atomic E-state index is 0.682. The van der Waals surface area contributed by atoms with Gasteiger partial charge in [0.15, 0.2) is 0 Å². The number of nitrogens with one attached hydrogen (secondary N) is 1. The molecule has 0 atom stereocenters. The molecule has 94 valence electrons. The third kappa shape index (κ3) is 2.60. The molecule has 0 aromatic carbocycles. The maximum absolute atomic E-state index is 4.68. The van der Waals surface area contributed by atoms with E-state index in [1.54, 1.807) is 11.5 Å². The van der Waals surface area contributed by atoms with E-state index in [2.05, 4.69) is 19.6 Å². The summed E-state index contributed by atoms with van der Waals surface area (Å²) in [5, 5.41) is 4.42. The molecule has 0 bridgehead atoms. The van der Waals surface area contributed by atoms with Gasteiger partial charge in [-0.2, -0.15) is 4.37 Å². The molecule has 1 saturated heterocycles. The summed E-state index contributed by atoms with van der Waals surface area (Å²) in [6.45, 7) is 3.44. The minimum Gasteiger partial charge on any atom is -0.347 e. The highest BCUT2D eigenvalue weighted by Gasteiger charge is 2.29. The van der Waals surface area contributed by atoms with Crippen molar-refractivity contribution in [3.05, 3.63) is 5.82 Å². The van der Waals surface area contributed by atoms with E-state index >= 15 is 0 Å². The van der Waals surface area contributed by atoms with Gasteiger partial charge in [-0.3, -0.25) is 0 Å². The highest BCUT2D eigenvalue weighted by Crippen LogP contribution is 2.40. The zero-order chi connectivity index (χ0) is 11.7.